The van der Waals surface area contributed by atoms with Crippen LogP contribution < -0.4 is 0 Å². The van der Waals surface area contributed by atoms with Gasteiger partial charge in [0, 0.05) is 51.1 Å². The Morgan fingerprint density at radius 2 is 0.833 bits per heavy atom. The van der Waals surface area contributed by atoms with Crippen molar-refractivity contribution in [1.82, 2.24) is 19.6 Å². The Kier molecular flexibility index (Phi) is 13.4. The Hall–Kier alpha value is -4.68. The molecule has 2 amide bonds. The van der Waals surface area contributed by atoms with Gasteiger partial charge in [0.2, 0.25) is 11.8 Å². The van der Waals surface area contributed by atoms with Gasteiger partial charge in [0.1, 0.15) is 35.6 Å². The van der Waals surface area contributed by atoms with Crippen molar-refractivity contribution >= 4 is 11.8 Å². The van der Waals surface area contributed by atoms with Crippen molar-refractivity contribution in [3.63, 3.8) is 0 Å². The third kappa shape index (κ3) is 9.60. The van der Waals surface area contributed by atoms with Gasteiger partial charge in [0.15, 0.2) is 0 Å². The zero-order valence-corrected chi connectivity index (χ0v) is 34.8. The molecule has 0 unspecified atom stereocenters. The van der Waals surface area contributed by atoms with E-state index >= 15 is 0 Å². The number of hydrogen-bond acceptors (Lipinski definition) is 4. The van der Waals surface area contributed by atoms with Gasteiger partial charge in [-0.2, -0.15) is 0 Å². The summed E-state index contributed by atoms with van der Waals surface area (Å²) >= 11 is 0. The van der Waals surface area contributed by atoms with Crippen molar-refractivity contribution in [1.29, 1.82) is 0 Å². The lowest BCUT2D eigenvalue weighted by molar-refractivity contribution is -0.134. The highest BCUT2D eigenvalue weighted by atomic mass is 19.2. The normalized spacial score (nSPS) is 25.2. The van der Waals surface area contributed by atoms with Crippen molar-refractivity contribution in [2.75, 3.05) is 39.3 Å². The monoisotopic (exact) mass is 832 g/mol. The Labute approximate surface area is 349 Å². The summed E-state index contributed by atoms with van der Waals surface area (Å²) in [6, 6.07) is 19.2. The number of rotatable bonds is 8. The molecule has 0 spiro atoms. The molecule has 4 aromatic carbocycles. The van der Waals surface area contributed by atoms with Crippen LogP contribution in [0.5, 0.6) is 0 Å². The van der Waals surface area contributed by atoms with E-state index in [1.165, 1.54) is 24.3 Å². The predicted molar refractivity (Wildman–Crippen MR) is 220 cm³/mol. The van der Waals surface area contributed by atoms with Gasteiger partial charge in [0.05, 0.1) is 12.1 Å². The summed E-state index contributed by atoms with van der Waals surface area (Å²) in [4.78, 5) is 33.1. The number of carbonyl (C=O) groups is 2. The van der Waals surface area contributed by atoms with Crippen molar-refractivity contribution in [3.05, 3.63) is 141 Å². The van der Waals surface area contributed by atoms with E-state index in [9.17, 15) is 35.9 Å². The number of alkyl halides is 2. The minimum Gasteiger partial charge on any atom is -0.337 e. The average molecular weight is 833 g/mol. The highest BCUT2D eigenvalue weighted by molar-refractivity contribution is 5.84. The summed E-state index contributed by atoms with van der Waals surface area (Å²) in [5.41, 5.74) is 5.15. The molecule has 4 aliphatic heterocycles. The first kappa shape index (κ1) is 43.4. The number of benzene rings is 4. The molecule has 6 atom stereocenters. The number of hydrogen-bond donors (Lipinski definition) is 0. The summed E-state index contributed by atoms with van der Waals surface area (Å²) in [5, 5.41) is 0. The summed E-state index contributed by atoms with van der Waals surface area (Å²) in [5.74, 6) is -1.91. The first-order valence-electron chi connectivity index (χ1n) is 21.0. The van der Waals surface area contributed by atoms with Gasteiger partial charge in [-0.25, -0.2) is 26.3 Å². The summed E-state index contributed by atoms with van der Waals surface area (Å²) < 4.78 is 85.4. The van der Waals surface area contributed by atoms with Crippen LogP contribution >= 0.6 is 0 Å². The average Bonchev–Trinajstić information content (AvgIpc) is 3.77. The largest absolute Gasteiger partial charge is 0.337 e. The lowest BCUT2D eigenvalue weighted by Crippen LogP contribution is -2.49. The molecular weight excluding hydrogens is 779 g/mol. The zero-order chi connectivity index (χ0) is 42.8. The van der Waals surface area contributed by atoms with Gasteiger partial charge in [-0.3, -0.25) is 19.4 Å². The van der Waals surface area contributed by atoms with E-state index < -0.39 is 12.3 Å². The van der Waals surface area contributed by atoms with E-state index in [1.807, 2.05) is 21.9 Å². The molecule has 4 aliphatic rings. The van der Waals surface area contributed by atoms with Gasteiger partial charge in [-0.1, -0.05) is 48.5 Å². The smallest absolute Gasteiger partial charge is 0.240 e. The molecule has 6 nitrogen and oxygen atoms in total. The SMILES string of the molecule is Cc1ccc(CN2CC[C@@H](N3CC[C@H](c4ccc(C)c(F)c4)[C@@H](F)C3)C2=O)cc1F.Cc1ccc(CN2CC[C@H](N3CC[C@H](c4ccc(C)c(F)c4)[C@@H](F)C3)C2=O)cc1F. The Balaban J connectivity index is 0.000000181. The highest BCUT2D eigenvalue weighted by Gasteiger charge is 2.42. The second-order valence-corrected chi connectivity index (χ2v) is 17.1. The minimum atomic E-state index is -1.14. The molecule has 320 valence electrons. The van der Waals surface area contributed by atoms with Gasteiger partial charge in [-0.15, -0.1) is 0 Å². The van der Waals surface area contributed by atoms with Crippen molar-refractivity contribution in [2.24, 2.45) is 0 Å². The maximum absolute atomic E-state index is 15.0. The van der Waals surface area contributed by atoms with E-state index in [0.717, 1.165) is 11.1 Å². The molecule has 4 heterocycles. The second kappa shape index (κ2) is 18.5. The molecule has 4 saturated heterocycles. The number of carbonyl (C=O) groups excluding carboxylic acids is 2. The maximum Gasteiger partial charge on any atom is 0.240 e. The van der Waals surface area contributed by atoms with Gasteiger partial charge in [-0.05, 0) is 135 Å². The standard InChI is InChI=1S/2C24H27F3N2O/c2*1-15-3-5-17(11-20(15)25)13-29-10-8-23(24(29)30)28-9-7-19(22(27)14-28)18-6-4-16(2)21(26)12-18/h2*3-6,11-12,19,22-23H,7-10,13-14H2,1-2H3/t19-,22+,23+;19-,22+,23-/m11/s1. The number of piperidine rings is 2. The zero-order valence-electron chi connectivity index (χ0n) is 34.8. The highest BCUT2D eigenvalue weighted by Crippen LogP contribution is 2.36. The molecule has 4 fully saturated rings. The lowest BCUT2D eigenvalue weighted by Gasteiger charge is -2.37. The number of halogens is 6. The van der Waals surface area contributed by atoms with Crippen LogP contribution in [-0.2, 0) is 22.7 Å². The van der Waals surface area contributed by atoms with Crippen LogP contribution in [0.4, 0.5) is 26.3 Å². The first-order chi connectivity index (χ1) is 28.7. The first-order valence-corrected chi connectivity index (χ1v) is 21.0. The number of aryl methyl sites for hydroxylation is 4. The van der Waals surface area contributed by atoms with Crippen molar-refractivity contribution < 1.29 is 35.9 Å². The van der Waals surface area contributed by atoms with Gasteiger partial charge in [0.25, 0.3) is 0 Å². The van der Waals surface area contributed by atoms with Crippen LogP contribution in [0.2, 0.25) is 0 Å². The molecule has 4 aromatic rings. The van der Waals surface area contributed by atoms with Crippen LogP contribution in [-0.4, -0.2) is 95.1 Å². The fourth-order valence-electron chi connectivity index (χ4n) is 9.20. The van der Waals surface area contributed by atoms with Crippen molar-refractivity contribution in [2.45, 2.75) is 103 Å². The molecule has 12 heteroatoms. The molecule has 0 N–H and O–H groups in total. The van der Waals surface area contributed by atoms with E-state index in [4.69, 9.17) is 0 Å². The topological polar surface area (TPSA) is 47.1 Å². The van der Waals surface area contributed by atoms with Crippen LogP contribution in [0.15, 0.2) is 72.8 Å². The number of nitrogens with zero attached hydrogens (tertiary/aromatic N) is 4. The van der Waals surface area contributed by atoms with Crippen molar-refractivity contribution in [3.8, 4) is 0 Å². The molecule has 0 aromatic heterocycles. The van der Waals surface area contributed by atoms with E-state index in [-0.39, 0.29) is 72.1 Å². The van der Waals surface area contributed by atoms with Crippen LogP contribution in [0.3, 0.4) is 0 Å². The maximum atomic E-state index is 15.0. The number of likely N-dealkylation sites (tertiary alicyclic amines) is 4. The predicted octanol–water partition coefficient (Wildman–Crippen LogP) is 9.02. The Morgan fingerprint density at radius 3 is 1.17 bits per heavy atom. The van der Waals surface area contributed by atoms with Gasteiger partial charge >= 0.3 is 0 Å². The third-order valence-electron chi connectivity index (χ3n) is 13.0. The molecule has 60 heavy (non-hydrogen) atoms. The van der Waals surface area contributed by atoms with Gasteiger partial charge < -0.3 is 9.80 Å². The summed E-state index contributed by atoms with van der Waals surface area (Å²) in [7, 11) is 0. The van der Waals surface area contributed by atoms with Crippen LogP contribution in [0, 0.1) is 51.0 Å². The fraction of sp³-hybridized carbons (Fsp3) is 0.458. The Morgan fingerprint density at radius 1 is 0.483 bits per heavy atom. The summed E-state index contributed by atoms with van der Waals surface area (Å²) in [6.45, 7) is 10.2. The quantitative estimate of drug-likeness (QED) is 0.167. The van der Waals surface area contributed by atoms with E-state index in [1.54, 1.807) is 73.9 Å². The third-order valence-corrected chi connectivity index (χ3v) is 13.0. The summed E-state index contributed by atoms with van der Waals surface area (Å²) in [6.07, 6.45) is 0.100. The fourth-order valence-corrected chi connectivity index (χ4v) is 9.20. The number of amides is 2. The molecule has 0 radical (unpaired) electrons. The van der Waals surface area contributed by atoms with Crippen LogP contribution in [0.25, 0.3) is 0 Å². The molecule has 0 saturated carbocycles. The van der Waals surface area contributed by atoms with E-state index in [0.29, 0.717) is 98.3 Å². The molecule has 0 aliphatic carbocycles. The van der Waals surface area contributed by atoms with Crippen LogP contribution in [0.1, 0.15) is 82.0 Å². The second-order valence-electron chi connectivity index (χ2n) is 17.1. The molecule has 0 bridgehead atoms. The molecular formula is C48H54F6N4O2. The Bertz CT molecular complexity index is 2050. The van der Waals surface area contributed by atoms with E-state index in [2.05, 4.69) is 0 Å². The molecule has 8 rings (SSSR count). The minimum absolute atomic E-state index is 0.0250. The lowest BCUT2D eigenvalue weighted by atomic mass is 9.87.